The summed E-state index contributed by atoms with van der Waals surface area (Å²) in [6, 6.07) is 3.16. The molecule has 0 spiro atoms. The second-order valence-corrected chi connectivity index (χ2v) is 8.99. The van der Waals surface area contributed by atoms with Crippen LogP contribution in [0, 0.1) is 0 Å². The van der Waals surface area contributed by atoms with Crippen molar-refractivity contribution in [1.29, 1.82) is 0 Å². The van der Waals surface area contributed by atoms with E-state index in [1.54, 1.807) is 0 Å². The molecule has 1 aromatic rings. The van der Waals surface area contributed by atoms with Crippen LogP contribution in [0.25, 0.3) is 0 Å². The molecule has 148 valence electrons. The van der Waals surface area contributed by atoms with Crippen LogP contribution < -0.4 is 5.32 Å². The summed E-state index contributed by atoms with van der Waals surface area (Å²) in [6.07, 6.45) is -0.284. The molecule has 1 fully saturated rings. The topological polar surface area (TPSA) is 113 Å². The normalized spacial score (nSPS) is 17.6. The number of benzene rings is 1. The van der Waals surface area contributed by atoms with E-state index in [2.05, 4.69) is 26.0 Å². The molecule has 27 heavy (non-hydrogen) atoms. The lowest BCUT2D eigenvalue weighted by molar-refractivity contribution is -0.145. The van der Waals surface area contributed by atoms with Crippen LogP contribution in [0.5, 0.6) is 0 Å². The van der Waals surface area contributed by atoms with Crippen LogP contribution >= 0.6 is 15.9 Å². The Balaban J connectivity index is 2.41. The predicted octanol–water partition coefficient (Wildman–Crippen LogP) is 0.203. The first kappa shape index (κ1) is 21.3. The minimum absolute atomic E-state index is 0.0654. The third kappa shape index (κ3) is 4.47. The molecule has 2 rings (SSSR count). The number of piperazine rings is 1. The van der Waals surface area contributed by atoms with Crippen molar-refractivity contribution in [1.82, 2.24) is 14.5 Å². The lowest BCUT2D eigenvalue weighted by Crippen LogP contribution is -2.57. The van der Waals surface area contributed by atoms with Crippen LogP contribution in [-0.4, -0.2) is 75.7 Å². The van der Waals surface area contributed by atoms with Gasteiger partial charge in [-0.3, -0.25) is 14.4 Å². The number of carbonyl (C=O) groups excluding carboxylic acids is 3. The number of hydrogen-bond donors (Lipinski definition) is 1. The van der Waals surface area contributed by atoms with Crippen LogP contribution in [0.15, 0.2) is 27.6 Å². The van der Waals surface area contributed by atoms with E-state index in [1.807, 2.05) is 0 Å². The molecule has 1 N–H and O–H groups in total. The predicted molar refractivity (Wildman–Crippen MR) is 99.5 cm³/mol. The fourth-order valence-electron chi connectivity index (χ4n) is 2.60. The van der Waals surface area contributed by atoms with Gasteiger partial charge in [-0.25, -0.2) is 12.7 Å². The Kier molecular flexibility index (Phi) is 6.60. The molecule has 1 saturated heterocycles. The average molecular weight is 462 g/mol. The summed E-state index contributed by atoms with van der Waals surface area (Å²) in [7, 11) is 0.191. The molecule has 1 heterocycles. The Labute approximate surface area is 165 Å². The van der Waals surface area contributed by atoms with Crippen molar-refractivity contribution >= 4 is 43.7 Å². The number of esters is 1. The fourth-order valence-corrected chi connectivity index (χ4v) is 4.44. The van der Waals surface area contributed by atoms with Gasteiger partial charge in [-0.1, -0.05) is 0 Å². The van der Waals surface area contributed by atoms with Crippen molar-refractivity contribution in [2.75, 3.05) is 34.3 Å². The Morgan fingerprint density at radius 2 is 2.04 bits per heavy atom. The molecule has 1 aliphatic heterocycles. The molecule has 1 aromatic carbocycles. The van der Waals surface area contributed by atoms with Gasteiger partial charge in [0, 0.05) is 37.2 Å². The van der Waals surface area contributed by atoms with Crippen LogP contribution in [0.1, 0.15) is 16.8 Å². The minimum atomic E-state index is -3.78. The highest BCUT2D eigenvalue weighted by atomic mass is 79.9. The Morgan fingerprint density at radius 1 is 1.37 bits per heavy atom. The molecule has 9 nitrogen and oxygen atoms in total. The van der Waals surface area contributed by atoms with E-state index in [0.29, 0.717) is 4.47 Å². The van der Waals surface area contributed by atoms with E-state index in [-0.39, 0.29) is 30.0 Å². The van der Waals surface area contributed by atoms with Crippen molar-refractivity contribution in [3.8, 4) is 0 Å². The van der Waals surface area contributed by atoms with Crippen molar-refractivity contribution in [3.63, 3.8) is 0 Å². The minimum Gasteiger partial charge on any atom is -0.469 e. The smallest absolute Gasteiger partial charge is 0.308 e. The zero-order valence-corrected chi connectivity index (χ0v) is 17.5. The van der Waals surface area contributed by atoms with E-state index in [1.165, 1.54) is 44.3 Å². The molecule has 0 aliphatic carbocycles. The third-order valence-corrected chi connectivity index (χ3v) is 6.93. The summed E-state index contributed by atoms with van der Waals surface area (Å²) < 4.78 is 30.8. The van der Waals surface area contributed by atoms with Gasteiger partial charge < -0.3 is 15.0 Å². The number of rotatable bonds is 5. The molecule has 2 amide bonds. The first-order chi connectivity index (χ1) is 12.6. The Hall–Kier alpha value is -1.98. The van der Waals surface area contributed by atoms with Crippen molar-refractivity contribution in [2.24, 2.45) is 0 Å². The van der Waals surface area contributed by atoms with E-state index >= 15 is 0 Å². The van der Waals surface area contributed by atoms with Gasteiger partial charge in [-0.15, -0.1) is 0 Å². The molecular weight excluding hydrogens is 442 g/mol. The van der Waals surface area contributed by atoms with Gasteiger partial charge in [0.05, 0.1) is 18.4 Å². The summed E-state index contributed by atoms with van der Waals surface area (Å²) in [5.41, 5.74) is 0.100. The number of methoxy groups -OCH3 is 1. The van der Waals surface area contributed by atoms with Gasteiger partial charge in [0.15, 0.2) is 0 Å². The largest absolute Gasteiger partial charge is 0.469 e. The lowest BCUT2D eigenvalue weighted by atomic mass is 10.1. The quantitative estimate of drug-likeness (QED) is 0.626. The van der Waals surface area contributed by atoms with E-state index in [0.717, 1.165) is 4.31 Å². The van der Waals surface area contributed by atoms with E-state index < -0.39 is 33.8 Å². The summed E-state index contributed by atoms with van der Waals surface area (Å²) in [5, 5.41) is 2.61. The standard InChI is InChI=1S/C16H20BrN3O6S/c1-19(2)27(24,25)13-8-10(4-5-11(13)17)16(23)20-7-6-18-15(22)12(20)9-14(21)26-3/h4-5,8,12H,6-7,9H2,1-3H3,(H,18,22). The Morgan fingerprint density at radius 3 is 2.63 bits per heavy atom. The highest BCUT2D eigenvalue weighted by Crippen LogP contribution is 2.26. The monoisotopic (exact) mass is 461 g/mol. The molecule has 0 saturated carbocycles. The van der Waals surface area contributed by atoms with Gasteiger partial charge in [0.2, 0.25) is 15.9 Å². The number of carbonyl (C=O) groups is 3. The van der Waals surface area contributed by atoms with Crippen LogP contribution in [-0.2, 0) is 24.3 Å². The van der Waals surface area contributed by atoms with E-state index in [9.17, 15) is 22.8 Å². The van der Waals surface area contributed by atoms with Gasteiger partial charge in [0.25, 0.3) is 5.91 Å². The molecule has 1 unspecified atom stereocenters. The van der Waals surface area contributed by atoms with Crippen molar-refractivity contribution in [3.05, 3.63) is 28.2 Å². The maximum atomic E-state index is 13.0. The number of nitrogens with zero attached hydrogens (tertiary/aromatic N) is 2. The molecular formula is C16H20BrN3O6S. The average Bonchev–Trinajstić information content (AvgIpc) is 2.62. The second kappa shape index (κ2) is 8.36. The number of halogens is 1. The molecule has 1 atom stereocenters. The maximum Gasteiger partial charge on any atom is 0.308 e. The van der Waals surface area contributed by atoms with Gasteiger partial charge >= 0.3 is 5.97 Å². The summed E-state index contributed by atoms with van der Waals surface area (Å²) >= 11 is 3.19. The van der Waals surface area contributed by atoms with Crippen molar-refractivity contribution < 1.29 is 27.5 Å². The number of ether oxygens (including phenoxy) is 1. The van der Waals surface area contributed by atoms with Crippen LogP contribution in [0.2, 0.25) is 0 Å². The number of hydrogen-bond acceptors (Lipinski definition) is 6. The van der Waals surface area contributed by atoms with Gasteiger partial charge in [0.1, 0.15) is 6.04 Å². The number of nitrogens with one attached hydrogen (secondary N) is 1. The summed E-state index contributed by atoms with van der Waals surface area (Å²) in [6.45, 7) is 0.430. The maximum absolute atomic E-state index is 13.0. The number of sulfonamides is 1. The summed E-state index contributed by atoms with van der Waals surface area (Å²) in [5.74, 6) is -1.62. The van der Waals surface area contributed by atoms with Gasteiger partial charge in [-0.05, 0) is 34.1 Å². The van der Waals surface area contributed by atoms with Crippen molar-refractivity contribution in [2.45, 2.75) is 17.4 Å². The lowest BCUT2D eigenvalue weighted by Gasteiger charge is -2.34. The highest BCUT2D eigenvalue weighted by Gasteiger charge is 2.36. The summed E-state index contributed by atoms with van der Waals surface area (Å²) in [4.78, 5) is 37.9. The highest BCUT2D eigenvalue weighted by molar-refractivity contribution is 9.10. The molecule has 1 aliphatic rings. The first-order valence-corrected chi connectivity index (χ1v) is 10.2. The van der Waals surface area contributed by atoms with E-state index in [4.69, 9.17) is 0 Å². The molecule has 0 radical (unpaired) electrons. The first-order valence-electron chi connectivity index (χ1n) is 7.97. The van der Waals surface area contributed by atoms with Crippen LogP contribution in [0.3, 0.4) is 0 Å². The second-order valence-electron chi connectivity index (χ2n) is 6.02. The van der Waals surface area contributed by atoms with Gasteiger partial charge in [-0.2, -0.15) is 0 Å². The SMILES string of the molecule is COC(=O)CC1C(=O)NCCN1C(=O)c1ccc(Br)c(S(=O)(=O)N(C)C)c1. The van der Waals surface area contributed by atoms with Crippen LogP contribution in [0.4, 0.5) is 0 Å². The molecule has 11 heteroatoms. The third-order valence-electron chi connectivity index (χ3n) is 4.12. The fraction of sp³-hybridized carbons (Fsp3) is 0.438. The number of amides is 2. The molecule has 0 aromatic heterocycles. The Bertz CT molecular complexity index is 871. The molecule has 0 bridgehead atoms. The zero-order chi connectivity index (χ0) is 20.4. The zero-order valence-electron chi connectivity index (χ0n) is 15.1.